The van der Waals surface area contributed by atoms with Gasteiger partial charge in [0.1, 0.15) is 11.9 Å². The lowest BCUT2D eigenvalue weighted by atomic mass is 10.0. The van der Waals surface area contributed by atoms with Gasteiger partial charge in [-0.2, -0.15) is 0 Å². The van der Waals surface area contributed by atoms with E-state index in [0.29, 0.717) is 12.2 Å². The molecule has 0 saturated heterocycles. The first-order valence-electron chi connectivity index (χ1n) is 7.06. The number of nitrogens with zero attached hydrogens (tertiary/aromatic N) is 1. The summed E-state index contributed by atoms with van der Waals surface area (Å²) in [5, 5.41) is 3.04. The lowest BCUT2D eigenvalue weighted by Crippen LogP contribution is -2.44. The minimum Gasteiger partial charge on any atom is -0.494 e. The monoisotopic (exact) mass is 282 g/mol. The third-order valence-corrected chi connectivity index (χ3v) is 3.69. The van der Waals surface area contributed by atoms with Gasteiger partial charge in [0.2, 0.25) is 0 Å². The van der Waals surface area contributed by atoms with Crippen molar-refractivity contribution in [2.45, 2.75) is 13.1 Å². The fourth-order valence-electron chi connectivity index (χ4n) is 2.63. The van der Waals surface area contributed by atoms with Crippen LogP contribution in [0, 0.1) is 0 Å². The Morgan fingerprint density at radius 1 is 1.14 bits per heavy atom. The second-order valence-corrected chi connectivity index (χ2v) is 5.01. The lowest BCUT2D eigenvalue weighted by Gasteiger charge is -2.36. The summed E-state index contributed by atoms with van der Waals surface area (Å²) in [7, 11) is 1.99. The Labute approximate surface area is 124 Å². The van der Waals surface area contributed by atoms with Gasteiger partial charge in [-0.3, -0.25) is 4.79 Å². The predicted octanol–water partition coefficient (Wildman–Crippen LogP) is 2.96. The highest BCUT2D eigenvalue weighted by Crippen LogP contribution is 2.31. The van der Waals surface area contributed by atoms with E-state index in [4.69, 9.17) is 4.74 Å². The zero-order valence-electron chi connectivity index (χ0n) is 12.2. The van der Waals surface area contributed by atoms with Crippen LogP contribution in [0.15, 0.2) is 48.5 Å². The van der Waals surface area contributed by atoms with Gasteiger partial charge in [-0.05, 0) is 36.8 Å². The molecule has 1 atom stereocenters. The quantitative estimate of drug-likeness (QED) is 0.941. The topological polar surface area (TPSA) is 41.6 Å². The van der Waals surface area contributed by atoms with Crippen molar-refractivity contribution in [3.63, 3.8) is 0 Å². The Morgan fingerprint density at radius 2 is 1.86 bits per heavy atom. The third kappa shape index (κ3) is 2.44. The van der Waals surface area contributed by atoms with Crippen molar-refractivity contribution < 1.29 is 9.53 Å². The molecule has 4 heteroatoms. The van der Waals surface area contributed by atoms with Gasteiger partial charge in [0.25, 0.3) is 5.91 Å². The first-order chi connectivity index (χ1) is 10.2. The van der Waals surface area contributed by atoms with Crippen LogP contribution in [-0.2, 0) is 0 Å². The summed E-state index contributed by atoms with van der Waals surface area (Å²) >= 11 is 0. The molecule has 1 amide bonds. The van der Waals surface area contributed by atoms with Crippen LogP contribution in [0.25, 0.3) is 0 Å². The number of fused-ring (bicyclic) bond motifs is 1. The molecule has 0 aromatic heterocycles. The Bertz CT molecular complexity index is 652. The number of para-hydroxylation sites is 1. The van der Waals surface area contributed by atoms with Crippen LogP contribution in [0.1, 0.15) is 29.0 Å². The van der Waals surface area contributed by atoms with Gasteiger partial charge < -0.3 is 15.0 Å². The maximum Gasteiger partial charge on any atom is 0.255 e. The molecule has 1 heterocycles. The standard InChI is InChI=1S/C17H18N2O2/c1-3-21-13-10-8-12(9-11-13)16-18-17(20)14-6-4-5-7-15(14)19(16)2/h4-11,16H,3H2,1-2H3,(H,18,20). The predicted molar refractivity (Wildman–Crippen MR) is 82.7 cm³/mol. The molecule has 0 bridgehead atoms. The average molecular weight is 282 g/mol. The number of nitrogens with one attached hydrogen (secondary N) is 1. The van der Waals surface area contributed by atoms with Crippen LogP contribution in [0.4, 0.5) is 5.69 Å². The number of hydrogen-bond donors (Lipinski definition) is 1. The molecular formula is C17H18N2O2. The van der Waals surface area contributed by atoms with E-state index in [9.17, 15) is 4.79 Å². The molecule has 1 N–H and O–H groups in total. The number of amides is 1. The summed E-state index contributed by atoms with van der Waals surface area (Å²) in [6.07, 6.45) is -0.164. The maximum absolute atomic E-state index is 12.2. The SMILES string of the molecule is CCOc1ccc(C2NC(=O)c3ccccc3N2C)cc1. The number of carbonyl (C=O) groups is 1. The molecule has 0 aliphatic carbocycles. The van der Waals surface area contributed by atoms with Crippen molar-refractivity contribution in [3.05, 3.63) is 59.7 Å². The Balaban J connectivity index is 1.92. The van der Waals surface area contributed by atoms with Crippen LogP contribution in [0.3, 0.4) is 0 Å². The van der Waals surface area contributed by atoms with E-state index >= 15 is 0 Å². The molecule has 0 spiro atoms. The lowest BCUT2D eigenvalue weighted by molar-refractivity contribution is 0.0928. The first-order valence-corrected chi connectivity index (χ1v) is 7.06. The Kier molecular flexibility index (Phi) is 3.52. The number of ether oxygens (including phenoxy) is 1. The highest BCUT2D eigenvalue weighted by molar-refractivity contribution is 6.01. The van der Waals surface area contributed by atoms with Crippen molar-refractivity contribution in [1.82, 2.24) is 5.32 Å². The molecule has 2 aromatic rings. The molecule has 21 heavy (non-hydrogen) atoms. The van der Waals surface area contributed by atoms with E-state index in [-0.39, 0.29) is 12.1 Å². The van der Waals surface area contributed by atoms with Crippen LogP contribution in [-0.4, -0.2) is 19.6 Å². The van der Waals surface area contributed by atoms with E-state index in [0.717, 1.165) is 17.0 Å². The number of hydrogen-bond acceptors (Lipinski definition) is 3. The van der Waals surface area contributed by atoms with Crippen molar-refractivity contribution in [3.8, 4) is 5.75 Å². The molecule has 1 aliphatic rings. The van der Waals surface area contributed by atoms with E-state index in [2.05, 4.69) is 10.2 Å². The number of rotatable bonds is 3. The molecule has 1 unspecified atom stereocenters. The summed E-state index contributed by atoms with van der Waals surface area (Å²) in [6, 6.07) is 15.5. The van der Waals surface area contributed by atoms with Crippen molar-refractivity contribution in [1.29, 1.82) is 0 Å². The van der Waals surface area contributed by atoms with E-state index in [1.165, 1.54) is 0 Å². The van der Waals surface area contributed by atoms with Crippen molar-refractivity contribution in [2.75, 3.05) is 18.6 Å². The highest BCUT2D eigenvalue weighted by atomic mass is 16.5. The molecular weight excluding hydrogens is 264 g/mol. The maximum atomic E-state index is 12.2. The number of benzene rings is 2. The zero-order chi connectivity index (χ0) is 14.8. The normalized spacial score (nSPS) is 17.1. The second-order valence-electron chi connectivity index (χ2n) is 5.01. The minimum absolute atomic E-state index is 0.0393. The molecule has 0 radical (unpaired) electrons. The molecule has 0 fully saturated rings. The third-order valence-electron chi connectivity index (χ3n) is 3.69. The Hall–Kier alpha value is -2.49. The average Bonchev–Trinajstić information content (AvgIpc) is 2.52. The van der Waals surface area contributed by atoms with Gasteiger partial charge in [-0.25, -0.2) is 0 Å². The fourth-order valence-corrected chi connectivity index (χ4v) is 2.63. The second kappa shape index (κ2) is 5.48. The molecule has 1 aliphatic heterocycles. The van der Waals surface area contributed by atoms with Crippen LogP contribution >= 0.6 is 0 Å². The molecule has 3 rings (SSSR count). The van der Waals surface area contributed by atoms with E-state index in [1.54, 1.807) is 0 Å². The fraction of sp³-hybridized carbons (Fsp3) is 0.235. The molecule has 4 nitrogen and oxygen atoms in total. The smallest absolute Gasteiger partial charge is 0.255 e. The van der Waals surface area contributed by atoms with Crippen molar-refractivity contribution in [2.24, 2.45) is 0 Å². The van der Waals surface area contributed by atoms with E-state index in [1.807, 2.05) is 62.5 Å². The van der Waals surface area contributed by atoms with Crippen LogP contribution < -0.4 is 15.0 Å². The van der Waals surface area contributed by atoms with Gasteiger partial charge >= 0.3 is 0 Å². The number of carbonyl (C=O) groups excluding carboxylic acids is 1. The molecule has 0 saturated carbocycles. The number of anilines is 1. The summed E-state index contributed by atoms with van der Waals surface area (Å²) in [4.78, 5) is 14.3. The van der Waals surface area contributed by atoms with Crippen LogP contribution in [0.2, 0.25) is 0 Å². The summed E-state index contributed by atoms with van der Waals surface area (Å²) in [6.45, 7) is 2.60. The largest absolute Gasteiger partial charge is 0.494 e. The Morgan fingerprint density at radius 3 is 2.57 bits per heavy atom. The first kappa shape index (κ1) is 13.5. The summed E-state index contributed by atoms with van der Waals surface area (Å²) in [5.41, 5.74) is 2.69. The zero-order valence-corrected chi connectivity index (χ0v) is 12.2. The summed E-state index contributed by atoms with van der Waals surface area (Å²) < 4.78 is 5.45. The summed E-state index contributed by atoms with van der Waals surface area (Å²) in [5.74, 6) is 0.800. The highest BCUT2D eigenvalue weighted by Gasteiger charge is 2.28. The minimum atomic E-state index is -0.164. The van der Waals surface area contributed by atoms with Gasteiger partial charge in [0.05, 0.1) is 17.9 Å². The van der Waals surface area contributed by atoms with Gasteiger partial charge in [-0.15, -0.1) is 0 Å². The van der Waals surface area contributed by atoms with Gasteiger partial charge in [0, 0.05) is 7.05 Å². The van der Waals surface area contributed by atoms with Gasteiger partial charge in [-0.1, -0.05) is 24.3 Å². The van der Waals surface area contributed by atoms with Crippen LogP contribution in [0.5, 0.6) is 5.75 Å². The molecule has 108 valence electrons. The molecule has 2 aromatic carbocycles. The van der Waals surface area contributed by atoms with E-state index < -0.39 is 0 Å². The van der Waals surface area contributed by atoms with Crippen molar-refractivity contribution >= 4 is 11.6 Å². The van der Waals surface area contributed by atoms with Gasteiger partial charge in [0.15, 0.2) is 0 Å².